The Kier molecular flexibility index (Phi) is 3.41. The summed E-state index contributed by atoms with van der Waals surface area (Å²) < 4.78 is 0. The summed E-state index contributed by atoms with van der Waals surface area (Å²) in [5.74, 6) is 1.45. The number of nitrogens with two attached hydrogens (primary N) is 1. The molecule has 0 radical (unpaired) electrons. The van der Waals surface area contributed by atoms with E-state index < -0.39 is 0 Å². The second-order valence-corrected chi connectivity index (χ2v) is 6.84. The SMILES string of the molecule is CC1CCC(C(C)(C)c2cccs2)C(N)C1. The molecule has 3 atom stereocenters. The fourth-order valence-corrected chi connectivity index (χ4v) is 4.06. The molecule has 0 amide bonds. The van der Waals surface area contributed by atoms with Crippen LogP contribution in [0.3, 0.4) is 0 Å². The second-order valence-electron chi connectivity index (χ2n) is 5.89. The summed E-state index contributed by atoms with van der Waals surface area (Å²) in [5.41, 5.74) is 6.61. The quantitative estimate of drug-likeness (QED) is 0.832. The van der Waals surface area contributed by atoms with Crippen molar-refractivity contribution < 1.29 is 0 Å². The van der Waals surface area contributed by atoms with Gasteiger partial charge in [-0.2, -0.15) is 0 Å². The fraction of sp³-hybridized carbons (Fsp3) is 0.714. The third-order valence-electron chi connectivity index (χ3n) is 4.25. The minimum absolute atomic E-state index is 0.244. The molecule has 2 rings (SSSR count). The Morgan fingerprint density at radius 3 is 2.69 bits per heavy atom. The molecule has 0 bridgehead atoms. The molecule has 1 heterocycles. The topological polar surface area (TPSA) is 26.0 Å². The van der Waals surface area contributed by atoms with E-state index in [1.54, 1.807) is 0 Å². The van der Waals surface area contributed by atoms with E-state index in [-0.39, 0.29) is 5.41 Å². The zero-order chi connectivity index (χ0) is 11.8. The van der Waals surface area contributed by atoms with E-state index in [9.17, 15) is 0 Å². The van der Waals surface area contributed by atoms with Crippen molar-refractivity contribution in [1.82, 2.24) is 0 Å². The van der Waals surface area contributed by atoms with E-state index >= 15 is 0 Å². The van der Waals surface area contributed by atoms with Gasteiger partial charge in [0.05, 0.1) is 0 Å². The van der Waals surface area contributed by atoms with Crippen LogP contribution in [0.2, 0.25) is 0 Å². The van der Waals surface area contributed by atoms with Crippen LogP contribution in [0.5, 0.6) is 0 Å². The van der Waals surface area contributed by atoms with Gasteiger partial charge >= 0.3 is 0 Å². The predicted octanol–water partition coefficient (Wildman–Crippen LogP) is 3.79. The highest BCUT2D eigenvalue weighted by Crippen LogP contribution is 2.42. The number of thiophene rings is 1. The molecule has 90 valence electrons. The lowest BCUT2D eigenvalue weighted by Crippen LogP contribution is -2.45. The lowest BCUT2D eigenvalue weighted by Gasteiger charge is -2.42. The molecule has 0 saturated heterocycles. The molecule has 1 aromatic rings. The van der Waals surface area contributed by atoms with Gasteiger partial charge in [-0.25, -0.2) is 0 Å². The van der Waals surface area contributed by atoms with Gasteiger partial charge in [0.1, 0.15) is 0 Å². The van der Waals surface area contributed by atoms with Crippen molar-refractivity contribution in [2.45, 2.75) is 51.5 Å². The standard InChI is InChI=1S/C14H23NS/c1-10-6-7-11(12(15)9-10)14(2,3)13-5-4-8-16-13/h4-5,8,10-12H,6-7,9,15H2,1-3H3. The lowest BCUT2D eigenvalue weighted by atomic mass is 9.66. The van der Waals surface area contributed by atoms with Crippen molar-refractivity contribution >= 4 is 11.3 Å². The van der Waals surface area contributed by atoms with Crippen LogP contribution in [0, 0.1) is 11.8 Å². The zero-order valence-corrected chi connectivity index (χ0v) is 11.4. The molecule has 1 saturated carbocycles. The van der Waals surface area contributed by atoms with Crippen LogP contribution >= 0.6 is 11.3 Å². The van der Waals surface area contributed by atoms with Crippen LogP contribution < -0.4 is 5.73 Å². The Bertz CT molecular complexity index is 329. The second kappa shape index (κ2) is 4.50. The Hall–Kier alpha value is -0.340. The zero-order valence-electron chi connectivity index (χ0n) is 10.6. The van der Waals surface area contributed by atoms with E-state index in [0.717, 1.165) is 5.92 Å². The van der Waals surface area contributed by atoms with Gasteiger partial charge in [0, 0.05) is 16.3 Å². The Balaban J connectivity index is 2.17. The van der Waals surface area contributed by atoms with Gasteiger partial charge in [0.2, 0.25) is 0 Å². The molecule has 0 aliphatic heterocycles. The Morgan fingerprint density at radius 2 is 2.12 bits per heavy atom. The highest BCUT2D eigenvalue weighted by molar-refractivity contribution is 7.10. The Morgan fingerprint density at radius 1 is 1.38 bits per heavy atom. The molecule has 1 aromatic heterocycles. The molecule has 0 spiro atoms. The first-order valence-electron chi connectivity index (χ1n) is 6.31. The van der Waals surface area contributed by atoms with Gasteiger partial charge in [-0.05, 0) is 36.1 Å². The highest BCUT2D eigenvalue weighted by atomic mass is 32.1. The van der Waals surface area contributed by atoms with Crippen LogP contribution in [-0.2, 0) is 5.41 Å². The van der Waals surface area contributed by atoms with Crippen LogP contribution in [0.25, 0.3) is 0 Å². The maximum Gasteiger partial charge on any atom is 0.0105 e. The van der Waals surface area contributed by atoms with Crippen LogP contribution in [0.15, 0.2) is 17.5 Å². The van der Waals surface area contributed by atoms with E-state index in [2.05, 4.69) is 38.3 Å². The summed E-state index contributed by atoms with van der Waals surface area (Å²) in [4.78, 5) is 1.49. The van der Waals surface area contributed by atoms with Gasteiger partial charge < -0.3 is 5.73 Å². The normalized spacial score (nSPS) is 31.6. The summed E-state index contributed by atoms with van der Waals surface area (Å²) in [7, 11) is 0. The number of hydrogen-bond donors (Lipinski definition) is 1. The smallest absolute Gasteiger partial charge is 0.0105 e. The van der Waals surface area contributed by atoms with Gasteiger partial charge in [-0.3, -0.25) is 0 Å². The summed E-state index contributed by atoms with van der Waals surface area (Å²) in [6.45, 7) is 7.05. The van der Waals surface area contributed by atoms with Gasteiger partial charge in [0.15, 0.2) is 0 Å². The number of hydrogen-bond acceptors (Lipinski definition) is 2. The van der Waals surface area contributed by atoms with Crippen LogP contribution in [-0.4, -0.2) is 6.04 Å². The summed E-state index contributed by atoms with van der Waals surface area (Å²) >= 11 is 1.87. The van der Waals surface area contributed by atoms with Crippen molar-refractivity contribution in [3.05, 3.63) is 22.4 Å². The van der Waals surface area contributed by atoms with Crippen LogP contribution in [0.4, 0.5) is 0 Å². The van der Waals surface area contributed by atoms with Crippen LogP contribution in [0.1, 0.15) is 44.9 Å². The van der Waals surface area contributed by atoms with Crippen molar-refractivity contribution in [1.29, 1.82) is 0 Å². The van der Waals surface area contributed by atoms with E-state index in [4.69, 9.17) is 5.73 Å². The summed E-state index contributed by atoms with van der Waals surface area (Å²) in [6.07, 6.45) is 3.82. The average molecular weight is 237 g/mol. The number of rotatable bonds is 2. The van der Waals surface area contributed by atoms with E-state index in [1.165, 1.54) is 24.1 Å². The largest absolute Gasteiger partial charge is 0.327 e. The van der Waals surface area contributed by atoms with E-state index in [1.807, 2.05) is 11.3 Å². The van der Waals surface area contributed by atoms with Crippen molar-refractivity contribution in [2.75, 3.05) is 0 Å². The first-order chi connectivity index (χ1) is 7.51. The highest BCUT2D eigenvalue weighted by Gasteiger charge is 2.38. The van der Waals surface area contributed by atoms with Gasteiger partial charge in [0.25, 0.3) is 0 Å². The van der Waals surface area contributed by atoms with Crippen molar-refractivity contribution in [3.63, 3.8) is 0 Å². The van der Waals surface area contributed by atoms with Crippen molar-refractivity contribution in [2.24, 2.45) is 17.6 Å². The minimum Gasteiger partial charge on any atom is -0.327 e. The van der Waals surface area contributed by atoms with Crippen molar-refractivity contribution in [3.8, 4) is 0 Å². The first-order valence-corrected chi connectivity index (χ1v) is 7.19. The summed E-state index contributed by atoms with van der Waals surface area (Å²) in [5, 5.41) is 2.17. The molecule has 3 unspecified atom stereocenters. The molecule has 1 nitrogen and oxygen atoms in total. The fourth-order valence-electron chi connectivity index (χ4n) is 3.15. The monoisotopic (exact) mass is 237 g/mol. The lowest BCUT2D eigenvalue weighted by molar-refractivity contribution is 0.173. The molecule has 1 aliphatic carbocycles. The molecule has 2 N–H and O–H groups in total. The molecule has 1 fully saturated rings. The molecular formula is C14H23NS. The Labute approximate surface area is 103 Å². The third kappa shape index (κ3) is 2.18. The first kappa shape index (κ1) is 12.1. The molecule has 2 heteroatoms. The third-order valence-corrected chi connectivity index (χ3v) is 5.45. The van der Waals surface area contributed by atoms with E-state index in [0.29, 0.717) is 12.0 Å². The average Bonchev–Trinajstić information content (AvgIpc) is 2.69. The van der Waals surface area contributed by atoms with Gasteiger partial charge in [-0.1, -0.05) is 33.3 Å². The van der Waals surface area contributed by atoms with Gasteiger partial charge in [-0.15, -0.1) is 11.3 Å². The molecule has 1 aliphatic rings. The predicted molar refractivity (Wildman–Crippen MR) is 71.8 cm³/mol. The summed E-state index contributed by atoms with van der Waals surface area (Å²) in [6, 6.07) is 4.79. The molecular weight excluding hydrogens is 214 g/mol. The minimum atomic E-state index is 0.244. The molecule has 16 heavy (non-hydrogen) atoms. The maximum atomic E-state index is 6.37. The molecule has 0 aromatic carbocycles. The maximum absolute atomic E-state index is 6.37.